The third-order valence-corrected chi connectivity index (χ3v) is 5.90. The lowest BCUT2D eigenvalue weighted by Crippen LogP contribution is -2.33. The fraction of sp³-hybridized carbons (Fsp3) is 0.333. The highest BCUT2D eigenvalue weighted by Crippen LogP contribution is 2.22. The summed E-state index contributed by atoms with van der Waals surface area (Å²) in [6.07, 6.45) is 1.43. The Hall–Kier alpha value is -2.39. The second-order valence-electron chi connectivity index (χ2n) is 6.53. The number of hydrogen-bond acceptors (Lipinski definition) is 5. The smallest absolute Gasteiger partial charge is 0.265 e. The summed E-state index contributed by atoms with van der Waals surface area (Å²) >= 11 is 0. The van der Waals surface area contributed by atoms with Crippen LogP contribution in [0.2, 0.25) is 0 Å². The summed E-state index contributed by atoms with van der Waals surface area (Å²) in [5.41, 5.74) is 0.157. The van der Waals surface area contributed by atoms with E-state index in [9.17, 15) is 22.0 Å². The molecule has 2 aromatic rings. The molecule has 1 aromatic carbocycles. The van der Waals surface area contributed by atoms with Gasteiger partial charge in [-0.3, -0.25) is 9.52 Å². The van der Waals surface area contributed by atoms with Gasteiger partial charge in [-0.05, 0) is 57.2 Å². The first-order valence-corrected chi connectivity index (χ1v) is 9.92. The van der Waals surface area contributed by atoms with E-state index in [-0.39, 0.29) is 23.2 Å². The van der Waals surface area contributed by atoms with Gasteiger partial charge >= 0.3 is 0 Å². The lowest BCUT2D eigenvalue weighted by Gasteiger charge is -2.27. The SMILES string of the molecule is CN1CCC(C(=O)c2cccc(NS(=O)(=O)c3ccc(F)cc3F)n2)CC1. The van der Waals surface area contributed by atoms with Gasteiger partial charge in [0.2, 0.25) is 0 Å². The van der Waals surface area contributed by atoms with E-state index in [2.05, 4.69) is 14.6 Å². The number of hydrogen-bond donors (Lipinski definition) is 1. The van der Waals surface area contributed by atoms with Gasteiger partial charge in [0.05, 0.1) is 0 Å². The van der Waals surface area contributed by atoms with Crippen molar-refractivity contribution in [2.75, 3.05) is 24.9 Å². The fourth-order valence-corrected chi connectivity index (χ4v) is 4.06. The number of aromatic nitrogens is 1. The molecular formula is C18H19F2N3O3S. The first kappa shape index (κ1) is 19.4. The van der Waals surface area contributed by atoms with Gasteiger partial charge in [0, 0.05) is 12.0 Å². The minimum Gasteiger partial charge on any atom is -0.306 e. The molecule has 3 rings (SSSR count). The van der Waals surface area contributed by atoms with Crippen LogP contribution in [0.3, 0.4) is 0 Å². The topological polar surface area (TPSA) is 79.4 Å². The Morgan fingerprint density at radius 3 is 2.56 bits per heavy atom. The van der Waals surface area contributed by atoms with Gasteiger partial charge in [-0.1, -0.05) is 6.07 Å². The van der Waals surface area contributed by atoms with E-state index in [1.807, 2.05) is 7.05 Å². The van der Waals surface area contributed by atoms with Crippen molar-refractivity contribution in [3.63, 3.8) is 0 Å². The summed E-state index contributed by atoms with van der Waals surface area (Å²) in [7, 11) is -2.32. The van der Waals surface area contributed by atoms with E-state index >= 15 is 0 Å². The maximum atomic E-state index is 13.8. The zero-order chi connectivity index (χ0) is 19.6. The first-order valence-electron chi connectivity index (χ1n) is 8.44. The maximum absolute atomic E-state index is 13.8. The highest BCUT2D eigenvalue weighted by Gasteiger charge is 2.26. The third-order valence-electron chi connectivity index (χ3n) is 4.51. The quantitative estimate of drug-likeness (QED) is 0.788. The summed E-state index contributed by atoms with van der Waals surface area (Å²) in [6.45, 7) is 1.62. The van der Waals surface area contributed by atoms with Crippen molar-refractivity contribution in [3.05, 3.63) is 53.7 Å². The van der Waals surface area contributed by atoms with E-state index in [4.69, 9.17) is 0 Å². The first-order chi connectivity index (χ1) is 12.8. The molecule has 0 aliphatic carbocycles. The van der Waals surface area contributed by atoms with Gasteiger partial charge in [0.15, 0.2) is 5.78 Å². The van der Waals surface area contributed by atoms with Crippen molar-refractivity contribution in [1.29, 1.82) is 0 Å². The number of halogens is 2. The number of benzene rings is 1. The number of nitrogens with zero attached hydrogens (tertiary/aromatic N) is 2. The van der Waals surface area contributed by atoms with Gasteiger partial charge in [-0.15, -0.1) is 0 Å². The molecule has 9 heteroatoms. The third kappa shape index (κ3) is 4.48. The predicted octanol–water partition coefficient (Wildman–Crippen LogP) is 2.69. The molecule has 0 unspecified atom stereocenters. The minimum atomic E-state index is -4.31. The summed E-state index contributed by atoms with van der Waals surface area (Å²) in [4.78, 5) is 18.1. The van der Waals surface area contributed by atoms with Crippen molar-refractivity contribution in [1.82, 2.24) is 9.88 Å². The van der Waals surface area contributed by atoms with Crippen LogP contribution in [-0.2, 0) is 10.0 Å². The van der Waals surface area contributed by atoms with Gasteiger partial charge in [-0.2, -0.15) is 0 Å². The molecule has 6 nitrogen and oxygen atoms in total. The van der Waals surface area contributed by atoms with Crippen LogP contribution in [0.5, 0.6) is 0 Å². The number of likely N-dealkylation sites (tertiary alicyclic amines) is 1. The summed E-state index contributed by atoms with van der Waals surface area (Å²) in [5, 5.41) is 0. The van der Waals surface area contributed by atoms with Crippen LogP contribution in [-0.4, -0.2) is 44.2 Å². The van der Waals surface area contributed by atoms with Crippen LogP contribution < -0.4 is 4.72 Å². The number of piperidine rings is 1. The number of ketones is 1. The lowest BCUT2D eigenvalue weighted by atomic mass is 9.91. The predicted molar refractivity (Wildman–Crippen MR) is 96.0 cm³/mol. The Morgan fingerprint density at radius 2 is 1.89 bits per heavy atom. The van der Waals surface area contributed by atoms with E-state index in [0.717, 1.165) is 25.2 Å². The molecule has 0 saturated carbocycles. The van der Waals surface area contributed by atoms with Crippen LogP contribution in [0.4, 0.5) is 14.6 Å². The Kier molecular flexibility index (Phi) is 5.52. The van der Waals surface area contributed by atoms with E-state index in [0.29, 0.717) is 18.9 Å². The molecule has 0 radical (unpaired) electrons. The summed E-state index contributed by atoms with van der Waals surface area (Å²) in [6, 6.07) is 6.57. The van der Waals surface area contributed by atoms with Crippen molar-refractivity contribution < 1.29 is 22.0 Å². The van der Waals surface area contributed by atoms with Crippen LogP contribution in [0.1, 0.15) is 23.3 Å². The van der Waals surface area contributed by atoms with Crippen LogP contribution in [0.25, 0.3) is 0 Å². The van der Waals surface area contributed by atoms with E-state index in [1.165, 1.54) is 18.2 Å². The zero-order valence-corrected chi connectivity index (χ0v) is 15.5. The van der Waals surface area contributed by atoms with Gasteiger partial charge < -0.3 is 4.90 Å². The number of Topliss-reactive ketones (excluding diaryl/α,β-unsaturated/α-hetero) is 1. The average molecular weight is 395 g/mol. The molecule has 144 valence electrons. The maximum Gasteiger partial charge on any atom is 0.265 e. The molecule has 0 spiro atoms. The summed E-state index contributed by atoms with van der Waals surface area (Å²) in [5.74, 6) is -2.49. The molecule has 1 saturated heterocycles. The van der Waals surface area contributed by atoms with Crippen molar-refractivity contribution in [2.45, 2.75) is 17.7 Å². The molecule has 0 atom stereocenters. The molecule has 1 aliphatic rings. The Labute approximate surface area is 156 Å². The van der Waals surface area contributed by atoms with Crippen molar-refractivity contribution >= 4 is 21.6 Å². The monoisotopic (exact) mass is 395 g/mol. The lowest BCUT2D eigenvalue weighted by molar-refractivity contribution is 0.0851. The molecule has 0 bridgehead atoms. The molecule has 1 aliphatic heterocycles. The molecule has 27 heavy (non-hydrogen) atoms. The number of pyridine rings is 1. The Morgan fingerprint density at radius 1 is 1.19 bits per heavy atom. The number of carbonyl (C=O) groups excluding carboxylic acids is 1. The highest BCUT2D eigenvalue weighted by molar-refractivity contribution is 7.92. The number of nitrogens with one attached hydrogen (secondary N) is 1. The molecule has 2 heterocycles. The van der Waals surface area contributed by atoms with Crippen LogP contribution >= 0.6 is 0 Å². The molecular weight excluding hydrogens is 376 g/mol. The number of sulfonamides is 1. The van der Waals surface area contributed by atoms with E-state index in [1.54, 1.807) is 0 Å². The fourth-order valence-electron chi connectivity index (χ4n) is 2.99. The van der Waals surface area contributed by atoms with Crippen molar-refractivity contribution in [3.8, 4) is 0 Å². The van der Waals surface area contributed by atoms with Gasteiger partial charge in [-0.25, -0.2) is 22.2 Å². The van der Waals surface area contributed by atoms with E-state index < -0.39 is 26.6 Å². The van der Waals surface area contributed by atoms with Crippen LogP contribution in [0.15, 0.2) is 41.3 Å². The normalized spacial score (nSPS) is 16.3. The minimum absolute atomic E-state index is 0.0995. The standard InChI is InChI=1S/C18H19F2N3O3S/c1-23-9-7-12(8-10-23)18(24)15-3-2-4-17(21-15)22-27(25,26)16-6-5-13(19)11-14(16)20/h2-6,11-12H,7-10H2,1H3,(H,21,22). The van der Waals surface area contributed by atoms with Crippen LogP contribution in [0, 0.1) is 17.6 Å². The molecule has 1 fully saturated rings. The second-order valence-corrected chi connectivity index (χ2v) is 8.18. The Bertz CT molecular complexity index is 958. The van der Waals surface area contributed by atoms with Crippen molar-refractivity contribution in [2.24, 2.45) is 5.92 Å². The second kappa shape index (κ2) is 7.69. The summed E-state index contributed by atoms with van der Waals surface area (Å²) < 4.78 is 53.6. The number of carbonyl (C=O) groups is 1. The van der Waals surface area contributed by atoms with Gasteiger partial charge in [0.25, 0.3) is 10.0 Å². The molecule has 1 aromatic heterocycles. The molecule has 1 N–H and O–H groups in total. The average Bonchev–Trinajstić information content (AvgIpc) is 2.61. The number of rotatable bonds is 5. The number of anilines is 1. The highest BCUT2D eigenvalue weighted by atomic mass is 32.2. The van der Waals surface area contributed by atoms with Gasteiger partial charge in [0.1, 0.15) is 28.0 Å². The largest absolute Gasteiger partial charge is 0.306 e. The molecule has 0 amide bonds. The zero-order valence-electron chi connectivity index (χ0n) is 14.7. The Balaban J connectivity index is 1.80.